The van der Waals surface area contributed by atoms with Crippen molar-refractivity contribution in [2.75, 3.05) is 19.8 Å². The smallest absolute Gasteiger partial charge is 0.254 e. The molecule has 4 nitrogen and oxygen atoms in total. The zero-order chi connectivity index (χ0) is 14.0. The largest absolute Gasteiger partial charge is 0.394 e. The number of benzene rings is 1. The van der Waals surface area contributed by atoms with Crippen LogP contribution in [0.15, 0.2) is 18.2 Å². The minimum absolute atomic E-state index is 0.0874. The van der Waals surface area contributed by atoms with Gasteiger partial charge in [-0.25, -0.2) is 8.78 Å². The quantitative estimate of drug-likeness (QED) is 0.879. The van der Waals surface area contributed by atoms with Crippen LogP contribution in [0.25, 0.3) is 0 Å². The number of amides is 1. The van der Waals surface area contributed by atoms with Crippen molar-refractivity contribution in [1.82, 2.24) is 4.90 Å². The van der Waals surface area contributed by atoms with E-state index in [1.807, 2.05) is 0 Å². The third-order valence-corrected chi connectivity index (χ3v) is 3.14. The van der Waals surface area contributed by atoms with Crippen molar-refractivity contribution < 1.29 is 23.4 Å². The highest BCUT2D eigenvalue weighted by molar-refractivity contribution is 5.94. The molecule has 0 saturated carbocycles. The zero-order valence-corrected chi connectivity index (χ0v) is 10.5. The molecule has 2 atom stereocenters. The molecule has 1 fully saturated rings. The van der Waals surface area contributed by atoms with E-state index in [4.69, 9.17) is 9.84 Å². The maximum absolute atomic E-state index is 13.1. The Kier molecular flexibility index (Phi) is 4.11. The standard InChI is InChI=1S/C13H15F2NO3/c1-8-7-19-10(6-17)5-16(8)13(18)9-2-3-11(14)12(15)4-9/h2-4,8,10,17H,5-7H2,1H3. The van der Waals surface area contributed by atoms with Crippen LogP contribution in [0, 0.1) is 11.6 Å². The van der Waals surface area contributed by atoms with Crippen LogP contribution >= 0.6 is 0 Å². The van der Waals surface area contributed by atoms with Crippen LogP contribution in [-0.2, 0) is 4.74 Å². The lowest BCUT2D eigenvalue weighted by molar-refractivity contribution is -0.0667. The van der Waals surface area contributed by atoms with Crippen molar-refractivity contribution in [3.05, 3.63) is 35.4 Å². The second kappa shape index (κ2) is 5.63. The van der Waals surface area contributed by atoms with E-state index in [1.54, 1.807) is 6.92 Å². The number of morpholine rings is 1. The average Bonchev–Trinajstić information content (AvgIpc) is 2.41. The summed E-state index contributed by atoms with van der Waals surface area (Å²) in [6, 6.07) is 2.88. The summed E-state index contributed by atoms with van der Waals surface area (Å²) >= 11 is 0. The molecule has 0 radical (unpaired) electrons. The summed E-state index contributed by atoms with van der Waals surface area (Å²) in [4.78, 5) is 13.7. The summed E-state index contributed by atoms with van der Waals surface area (Å²) < 4.78 is 31.3. The monoisotopic (exact) mass is 271 g/mol. The third-order valence-electron chi connectivity index (χ3n) is 3.14. The Hall–Kier alpha value is -1.53. The molecule has 1 aromatic carbocycles. The molecule has 2 rings (SSSR count). The lowest BCUT2D eigenvalue weighted by Gasteiger charge is -2.37. The minimum Gasteiger partial charge on any atom is -0.394 e. The number of halogens is 2. The highest BCUT2D eigenvalue weighted by atomic mass is 19.2. The molecule has 0 spiro atoms. The van der Waals surface area contributed by atoms with Gasteiger partial charge in [-0.3, -0.25) is 4.79 Å². The van der Waals surface area contributed by atoms with Gasteiger partial charge in [0.2, 0.25) is 0 Å². The molecule has 1 N–H and O–H groups in total. The van der Waals surface area contributed by atoms with Gasteiger partial charge in [0, 0.05) is 12.1 Å². The Labute approximate surface area is 109 Å². The van der Waals surface area contributed by atoms with Crippen molar-refractivity contribution in [2.45, 2.75) is 19.1 Å². The van der Waals surface area contributed by atoms with Crippen LogP contribution in [0.3, 0.4) is 0 Å². The van der Waals surface area contributed by atoms with Gasteiger partial charge in [0.1, 0.15) is 0 Å². The maximum Gasteiger partial charge on any atom is 0.254 e. The molecule has 1 heterocycles. The van der Waals surface area contributed by atoms with Gasteiger partial charge in [0.05, 0.1) is 25.4 Å². The molecule has 1 aromatic rings. The Morgan fingerprint density at radius 1 is 1.47 bits per heavy atom. The number of hydrogen-bond donors (Lipinski definition) is 1. The number of hydrogen-bond acceptors (Lipinski definition) is 3. The Bertz CT molecular complexity index is 481. The molecule has 2 unspecified atom stereocenters. The Balaban J connectivity index is 2.19. The molecule has 1 aliphatic heterocycles. The maximum atomic E-state index is 13.1. The molecule has 104 valence electrons. The van der Waals surface area contributed by atoms with Crippen molar-refractivity contribution in [3.8, 4) is 0 Å². The zero-order valence-electron chi connectivity index (χ0n) is 10.5. The van der Waals surface area contributed by atoms with E-state index in [-0.39, 0.29) is 24.8 Å². The van der Waals surface area contributed by atoms with Crippen molar-refractivity contribution in [3.63, 3.8) is 0 Å². The fourth-order valence-corrected chi connectivity index (χ4v) is 2.01. The van der Waals surface area contributed by atoms with Crippen LogP contribution in [-0.4, -0.2) is 47.8 Å². The van der Waals surface area contributed by atoms with Gasteiger partial charge in [-0.05, 0) is 25.1 Å². The fourth-order valence-electron chi connectivity index (χ4n) is 2.01. The van der Waals surface area contributed by atoms with Crippen LogP contribution in [0.5, 0.6) is 0 Å². The first kappa shape index (κ1) is 13.9. The van der Waals surface area contributed by atoms with Gasteiger partial charge in [0.15, 0.2) is 11.6 Å². The highest BCUT2D eigenvalue weighted by Gasteiger charge is 2.30. The van der Waals surface area contributed by atoms with Crippen molar-refractivity contribution in [2.24, 2.45) is 0 Å². The van der Waals surface area contributed by atoms with Crippen LogP contribution in [0.1, 0.15) is 17.3 Å². The molecule has 0 bridgehead atoms. The lowest BCUT2D eigenvalue weighted by atomic mass is 10.1. The lowest BCUT2D eigenvalue weighted by Crippen LogP contribution is -2.52. The van der Waals surface area contributed by atoms with E-state index in [1.165, 1.54) is 11.0 Å². The van der Waals surface area contributed by atoms with Gasteiger partial charge in [-0.15, -0.1) is 0 Å². The number of rotatable bonds is 2. The topological polar surface area (TPSA) is 49.8 Å². The minimum atomic E-state index is -1.05. The Morgan fingerprint density at radius 3 is 2.84 bits per heavy atom. The predicted octanol–water partition coefficient (Wildman–Crippen LogP) is 1.19. The number of aliphatic hydroxyl groups is 1. The fraction of sp³-hybridized carbons (Fsp3) is 0.462. The van der Waals surface area contributed by atoms with Gasteiger partial charge in [-0.2, -0.15) is 0 Å². The first-order chi connectivity index (χ1) is 9.02. The normalized spacial score (nSPS) is 23.5. The van der Waals surface area contributed by atoms with Gasteiger partial charge in [-0.1, -0.05) is 0 Å². The summed E-state index contributed by atoms with van der Waals surface area (Å²) in [5.41, 5.74) is 0.0874. The summed E-state index contributed by atoms with van der Waals surface area (Å²) in [7, 11) is 0. The number of nitrogens with zero attached hydrogens (tertiary/aromatic N) is 1. The number of carbonyl (C=O) groups is 1. The van der Waals surface area contributed by atoms with Gasteiger partial charge in [0.25, 0.3) is 5.91 Å². The second-order valence-corrected chi connectivity index (χ2v) is 4.57. The van der Waals surface area contributed by atoms with Crippen LogP contribution in [0.2, 0.25) is 0 Å². The van der Waals surface area contributed by atoms with E-state index >= 15 is 0 Å². The van der Waals surface area contributed by atoms with Gasteiger partial charge >= 0.3 is 0 Å². The molecule has 1 amide bonds. The molecule has 0 aromatic heterocycles. The number of carbonyl (C=O) groups excluding carboxylic acids is 1. The third kappa shape index (κ3) is 2.90. The summed E-state index contributed by atoms with van der Waals surface area (Å²) in [6.45, 7) is 2.15. The van der Waals surface area contributed by atoms with E-state index in [2.05, 4.69) is 0 Å². The second-order valence-electron chi connectivity index (χ2n) is 4.57. The SMILES string of the molecule is CC1COC(CO)CN1C(=O)c1ccc(F)c(F)c1. The van der Waals surface area contributed by atoms with Crippen LogP contribution in [0.4, 0.5) is 8.78 Å². The molecule has 6 heteroatoms. The summed E-state index contributed by atoms with van der Waals surface area (Å²) in [5.74, 6) is -2.43. The highest BCUT2D eigenvalue weighted by Crippen LogP contribution is 2.17. The molecule has 1 saturated heterocycles. The van der Waals surface area contributed by atoms with E-state index in [0.717, 1.165) is 12.1 Å². The van der Waals surface area contributed by atoms with Crippen molar-refractivity contribution in [1.29, 1.82) is 0 Å². The summed E-state index contributed by atoms with van der Waals surface area (Å²) in [6.07, 6.45) is -0.439. The Morgan fingerprint density at radius 2 is 2.21 bits per heavy atom. The van der Waals surface area contributed by atoms with E-state index in [9.17, 15) is 13.6 Å². The number of aliphatic hydroxyl groups excluding tert-OH is 1. The molecular formula is C13H15F2NO3. The van der Waals surface area contributed by atoms with E-state index in [0.29, 0.717) is 6.61 Å². The molecular weight excluding hydrogens is 256 g/mol. The first-order valence-electron chi connectivity index (χ1n) is 6.01. The van der Waals surface area contributed by atoms with Gasteiger partial charge < -0.3 is 14.7 Å². The summed E-state index contributed by atoms with van der Waals surface area (Å²) in [5, 5.41) is 9.06. The van der Waals surface area contributed by atoms with Crippen LogP contribution < -0.4 is 0 Å². The molecule has 19 heavy (non-hydrogen) atoms. The average molecular weight is 271 g/mol. The van der Waals surface area contributed by atoms with E-state index < -0.39 is 23.6 Å². The first-order valence-corrected chi connectivity index (χ1v) is 6.01. The number of ether oxygens (including phenoxy) is 1. The van der Waals surface area contributed by atoms with Crippen molar-refractivity contribution >= 4 is 5.91 Å². The molecule has 1 aliphatic rings. The predicted molar refractivity (Wildman–Crippen MR) is 63.7 cm³/mol. The molecule has 0 aliphatic carbocycles.